The standard InChI is InChI=1S/C28H33NO5S/c1-16-14-19(15-17(2)24(16)33-28(7,8)26(31)34-27(4,5)6)10-12-21(30)20-11-13-22(35-9)23-25(20)32-18(3)29-23/h10-15H,1-9H3/b12-10+. The molecule has 3 aromatic rings. The summed E-state index contributed by atoms with van der Waals surface area (Å²) < 4.78 is 17.3. The van der Waals surface area contributed by atoms with Gasteiger partial charge in [0, 0.05) is 11.8 Å². The van der Waals surface area contributed by atoms with E-state index in [0.717, 1.165) is 21.6 Å². The summed E-state index contributed by atoms with van der Waals surface area (Å²) in [4.78, 5) is 31.0. The third-order valence-corrected chi connectivity index (χ3v) is 6.03. The van der Waals surface area contributed by atoms with Gasteiger partial charge in [0.2, 0.25) is 0 Å². The number of nitrogens with zero attached hydrogens (tertiary/aromatic N) is 1. The summed E-state index contributed by atoms with van der Waals surface area (Å²) >= 11 is 1.56. The highest BCUT2D eigenvalue weighted by atomic mass is 32.2. The maximum Gasteiger partial charge on any atom is 0.350 e. The minimum Gasteiger partial charge on any atom is -0.476 e. The fourth-order valence-corrected chi connectivity index (χ4v) is 4.19. The van der Waals surface area contributed by atoms with E-state index in [2.05, 4.69) is 4.98 Å². The normalized spacial score (nSPS) is 12.4. The topological polar surface area (TPSA) is 78.6 Å². The lowest BCUT2D eigenvalue weighted by molar-refractivity contribution is -0.171. The van der Waals surface area contributed by atoms with E-state index in [9.17, 15) is 9.59 Å². The third-order valence-electron chi connectivity index (χ3n) is 5.26. The third kappa shape index (κ3) is 6.14. The number of carbonyl (C=O) groups excluding carboxylic acids is 2. The second-order valence-electron chi connectivity index (χ2n) is 10.0. The Bertz CT molecular complexity index is 1290. The number of allylic oxidation sites excluding steroid dienone is 1. The average molecular weight is 496 g/mol. The van der Waals surface area contributed by atoms with Crippen molar-refractivity contribution in [1.29, 1.82) is 0 Å². The van der Waals surface area contributed by atoms with Gasteiger partial charge in [-0.3, -0.25) is 4.79 Å². The van der Waals surface area contributed by atoms with Gasteiger partial charge in [-0.1, -0.05) is 6.08 Å². The van der Waals surface area contributed by atoms with Crippen molar-refractivity contribution >= 4 is 40.7 Å². The zero-order valence-corrected chi connectivity index (χ0v) is 22.7. The first-order valence-electron chi connectivity index (χ1n) is 11.4. The lowest BCUT2D eigenvalue weighted by Gasteiger charge is -2.30. The quantitative estimate of drug-likeness (QED) is 0.153. The molecule has 3 rings (SSSR count). The molecule has 35 heavy (non-hydrogen) atoms. The van der Waals surface area contributed by atoms with Crippen LogP contribution < -0.4 is 4.74 Å². The monoisotopic (exact) mass is 495 g/mol. The molecule has 186 valence electrons. The largest absolute Gasteiger partial charge is 0.476 e. The minimum atomic E-state index is -1.15. The summed E-state index contributed by atoms with van der Waals surface area (Å²) in [5, 5.41) is 0. The SMILES string of the molecule is CSc1ccc(C(=O)/C=C/c2cc(C)c(OC(C)(C)C(=O)OC(C)(C)C)c(C)c2)c2oc(C)nc12. The molecule has 6 nitrogen and oxygen atoms in total. The first-order chi connectivity index (χ1) is 16.2. The molecule has 2 aromatic carbocycles. The number of thioether (sulfide) groups is 1. The van der Waals surface area contributed by atoms with Crippen LogP contribution in [0.1, 0.15) is 67.6 Å². The average Bonchev–Trinajstić information content (AvgIpc) is 3.14. The van der Waals surface area contributed by atoms with E-state index in [1.807, 2.05) is 59.1 Å². The number of fused-ring (bicyclic) bond motifs is 1. The summed E-state index contributed by atoms with van der Waals surface area (Å²) in [6.45, 7) is 14.5. The van der Waals surface area contributed by atoms with Gasteiger partial charge in [0.25, 0.3) is 0 Å². The van der Waals surface area contributed by atoms with Crippen LogP contribution in [0.25, 0.3) is 17.2 Å². The molecule has 0 unspecified atom stereocenters. The molecule has 0 N–H and O–H groups in total. The fraction of sp³-hybridized carbons (Fsp3) is 0.393. The molecule has 0 fully saturated rings. The zero-order valence-electron chi connectivity index (χ0n) is 21.9. The fourth-order valence-electron chi connectivity index (χ4n) is 3.65. The minimum absolute atomic E-state index is 0.166. The van der Waals surface area contributed by atoms with Crippen molar-refractivity contribution in [1.82, 2.24) is 4.98 Å². The lowest BCUT2D eigenvalue weighted by Crippen LogP contribution is -2.43. The number of hydrogen-bond donors (Lipinski definition) is 0. The summed E-state index contributed by atoms with van der Waals surface area (Å²) in [6.07, 6.45) is 5.26. The summed E-state index contributed by atoms with van der Waals surface area (Å²) in [5.74, 6) is 0.548. The Morgan fingerprint density at radius 2 is 1.66 bits per heavy atom. The van der Waals surface area contributed by atoms with Crippen LogP contribution in [0.2, 0.25) is 0 Å². The molecule has 1 aromatic heterocycles. The van der Waals surface area contributed by atoms with Crippen LogP contribution in [0.3, 0.4) is 0 Å². The number of aryl methyl sites for hydroxylation is 3. The molecule has 0 radical (unpaired) electrons. The van der Waals surface area contributed by atoms with Crippen LogP contribution in [0.4, 0.5) is 0 Å². The molecule has 0 saturated carbocycles. The molecule has 1 heterocycles. The van der Waals surface area contributed by atoms with Crippen LogP contribution in [-0.2, 0) is 9.53 Å². The van der Waals surface area contributed by atoms with E-state index in [1.165, 1.54) is 6.08 Å². The smallest absolute Gasteiger partial charge is 0.350 e. The Labute approximate surface area is 211 Å². The van der Waals surface area contributed by atoms with Gasteiger partial charge < -0.3 is 13.9 Å². The van der Waals surface area contributed by atoms with Gasteiger partial charge in [-0.2, -0.15) is 0 Å². The van der Waals surface area contributed by atoms with Gasteiger partial charge >= 0.3 is 5.97 Å². The maximum atomic E-state index is 13.0. The van der Waals surface area contributed by atoms with Crippen LogP contribution in [0, 0.1) is 20.8 Å². The second kappa shape index (κ2) is 9.90. The van der Waals surface area contributed by atoms with E-state index in [4.69, 9.17) is 13.9 Å². The Morgan fingerprint density at radius 1 is 1.03 bits per heavy atom. The highest BCUT2D eigenvalue weighted by Gasteiger charge is 2.35. The highest BCUT2D eigenvalue weighted by Crippen LogP contribution is 2.32. The lowest BCUT2D eigenvalue weighted by atomic mass is 10.0. The highest BCUT2D eigenvalue weighted by molar-refractivity contribution is 7.98. The Morgan fingerprint density at radius 3 is 2.23 bits per heavy atom. The number of benzene rings is 2. The van der Waals surface area contributed by atoms with Crippen molar-refractivity contribution in [2.24, 2.45) is 0 Å². The van der Waals surface area contributed by atoms with Crippen LogP contribution in [0.15, 0.2) is 39.7 Å². The van der Waals surface area contributed by atoms with E-state index < -0.39 is 17.2 Å². The van der Waals surface area contributed by atoms with Crippen molar-refractivity contribution in [3.63, 3.8) is 0 Å². The van der Waals surface area contributed by atoms with E-state index in [-0.39, 0.29) is 5.78 Å². The second-order valence-corrected chi connectivity index (χ2v) is 10.9. The van der Waals surface area contributed by atoms with Gasteiger partial charge in [0.15, 0.2) is 22.9 Å². The van der Waals surface area contributed by atoms with E-state index in [0.29, 0.717) is 28.3 Å². The molecule has 0 aliphatic heterocycles. The number of ketones is 1. The molecular weight excluding hydrogens is 462 g/mol. The molecule has 0 atom stereocenters. The van der Waals surface area contributed by atoms with Gasteiger partial charge in [-0.05, 0) is 102 Å². The first-order valence-corrected chi connectivity index (χ1v) is 12.6. The molecular formula is C28H33NO5S. The zero-order chi connectivity index (χ0) is 26.1. The van der Waals surface area contributed by atoms with Crippen molar-refractivity contribution in [2.45, 2.75) is 71.5 Å². The molecule has 0 aliphatic rings. The Hall–Kier alpha value is -3.06. The van der Waals surface area contributed by atoms with Crippen LogP contribution >= 0.6 is 11.8 Å². The number of rotatable bonds is 7. The molecule has 0 amide bonds. The van der Waals surface area contributed by atoms with E-state index in [1.54, 1.807) is 44.7 Å². The molecule has 7 heteroatoms. The number of esters is 1. The Balaban J connectivity index is 1.84. The molecule has 0 spiro atoms. The number of ether oxygens (including phenoxy) is 2. The molecule has 0 bridgehead atoms. The van der Waals surface area contributed by atoms with Crippen LogP contribution in [-0.4, -0.2) is 34.2 Å². The summed E-state index contributed by atoms with van der Waals surface area (Å²) in [5.41, 5.74) is 2.48. The maximum absolute atomic E-state index is 13.0. The first kappa shape index (κ1) is 26.5. The molecule has 0 saturated heterocycles. The van der Waals surface area contributed by atoms with Gasteiger partial charge in [0.05, 0.1) is 5.56 Å². The number of carbonyl (C=O) groups is 2. The van der Waals surface area contributed by atoms with Crippen molar-refractivity contribution in [3.05, 3.63) is 58.5 Å². The predicted octanol–water partition coefficient (Wildman–Crippen LogP) is 6.87. The summed E-state index contributed by atoms with van der Waals surface area (Å²) in [6, 6.07) is 7.51. The van der Waals surface area contributed by atoms with E-state index >= 15 is 0 Å². The van der Waals surface area contributed by atoms with Crippen molar-refractivity contribution in [3.8, 4) is 5.75 Å². The Kier molecular flexibility index (Phi) is 7.50. The predicted molar refractivity (Wildman–Crippen MR) is 140 cm³/mol. The van der Waals surface area contributed by atoms with Gasteiger partial charge in [-0.25, -0.2) is 9.78 Å². The van der Waals surface area contributed by atoms with Gasteiger partial charge in [0.1, 0.15) is 16.9 Å². The van der Waals surface area contributed by atoms with Crippen LogP contribution in [0.5, 0.6) is 5.75 Å². The van der Waals surface area contributed by atoms with Gasteiger partial charge in [-0.15, -0.1) is 11.8 Å². The number of oxazole rings is 1. The van der Waals surface area contributed by atoms with Crippen molar-refractivity contribution < 1.29 is 23.5 Å². The van der Waals surface area contributed by atoms with Crippen molar-refractivity contribution in [2.75, 3.05) is 6.26 Å². The summed E-state index contributed by atoms with van der Waals surface area (Å²) in [7, 11) is 0. The number of hydrogen-bond acceptors (Lipinski definition) is 7. The number of aromatic nitrogens is 1. The molecule has 0 aliphatic carbocycles.